The van der Waals surface area contributed by atoms with Crippen LogP contribution in [0, 0.1) is 0 Å². The summed E-state index contributed by atoms with van der Waals surface area (Å²) in [5.74, 6) is -23.2. The second-order valence-electron chi connectivity index (χ2n) is 2.53. The van der Waals surface area contributed by atoms with Crippen molar-refractivity contribution in [1.29, 1.82) is 0 Å². The molecule has 0 aliphatic rings. The quantitative estimate of drug-likeness (QED) is 0.674. The zero-order valence-electron chi connectivity index (χ0n) is 6.93. The molecule has 0 saturated carbocycles. The zero-order chi connectivity index (χ0) is 13.4. The third kappa shape index (κ3) is 1.96. The Hall–Kier alpha value is -0.960. The van der Waals surface area contributed by atoms with Gasteiger partial charge in [0, 0.05) is 0 Å². The van der Waals surface area contributed by atoms with Crippen molar-refractivity contribution >= 4 is 0 Å². The lowest BCUT2D eigenvalue weighted by molar-refractivity contribution is -0.331. The minimum atomic E-state index is -6.76. The van der Waals surface area contributed by atoms with Gasteiger partial charge in [-0.1, -0.05) is 0 Å². The first-order valence-electron chi connectivity index (χ1n) is 3.30. The molecule has 0 aromatic carbocycles. The molecule has 0 aromatic rings. The van der Waals surface area contributed by atoms with Gasteiger partial charge in [-0.2, -0.15) is 26.3 Å². The average molecular weight is 264 g/mol. The Morgan fingerprint density at radius 2 is 1.31 bits per heavy atom. The molecular formula is C6H2F10. The lowest BCUT2D eigenvalue weighted by Crippen LogP contribution is -2.57. The van der Waals surface area contributed by atoms with E-state index in [9.17, 15) is 43.9 Å². The largest absolute Gasteiger partial charge is 0.384 e. The molecule has 0 saturated heterocycles. The molecule has 0 aliphatic carbocycles. The number of alkyl halides is 8. The van der Waals surface area contributed by atoms with Crippen LogP contribution >= 0.6 is 0 Å². The number of halogens is 10. The number of hydrogen-bond acceptors (Lipinski definition) is 0. The second-order valence-corrected chi connectivity index (χ2v) is 2.53. The van der Waals surface area contributed by atoms with E-state index in [-0.39, 0.29) is 0 Å². The zero-order valence-corrected chi connectivity index (χ0v) is 6.93. The molecule has 0 aliphatic heterocycles. The molecule has 16 heavy (non-hydrogen) atoms. The van der Waals surface area contributed by atoms with Crippen molar-refractivity contribution in [3.63, 3.8) is 0 Å². The molecule has 0 radical (unpaired) electrons. The van der Waals surface area contributed by atoms with E-state index in [1.54, 1.807) is 0 Å². The molecule has 0 nitrogen and oxygen atoms in total. The van der Waals surface area contributed by atoms with Crippen molar-refractivity contribution in [2.24, 2.45) is 0 Å². The predicted molar refractivity (Wildman–Crippen MR) is 31.1 cm³/mol. The fraction of sp³-hybridized carbons (Fsp3) is 0.667. The van der Waals surface area contributed by atoms with Gasteiger partial charge in [0.25, 0.3) is 0 Å². The predicted octanol–water partition coefficient (Wildman–Crippen LogP) is 3.94. The van der Waals surface area contributed by atoms with E-state index in [1.165, 1.54) is 0 Å². The fourth-order valence-electron chi connectivity index (χ4n) is 0.565. The molecule has 0 spiro atoms. The molecule has 0 bridgehead atoms. The molecule has 0 rings (SSSR count). The summed E-state index contributed by atoms with van der Waals surface area (Å²) < 4.78 is 119. The summed E-state index contributed by atoms with van der Waals surface area (Å²) in [6, 6.07) is 0. The fourth-order valence-corrected chi connectivity index (χ4v) is 0.565. The standard InChI is InChI=1S/C6H2F10/c7-1-2(8)4(11,12)6(15,16)5(13,14)3(9)10/h1,3H/b2-1-. The van der Waals surface area contributed by atoms with Crippen LogP contribution in [-0.2, 0) is 0 Å². The lowest BCUT2D eigenvalue weighted by Gasteiger charge is -2.30. The smallest absolute Gasteiger partial charge is 0.212 e. The Balaban J connectivity index is 5.52. The van der Waals surface area contributed by atoms with Gasteiger partial charge in [0.15, 0.2) is 0 Å². The first-order valence-corrected chi connectivity index (χ1v) is 3.30. The summed E-state index contributed by atoms with van der Waals surface area (Å²) >= 11 is 0. The van der Waals surface area contributed by atoms with Crippen molar-refractivity contribution in [3.8, 4) is 0 Å². The Labute approximate surface area is 81.5 Å². The molecular weight excluding hydrogens is 262 g/mol. The van der Waals surface area contributed by atoms with Crippen LogP contribution in [0.5, 0.6) is 0 Å². The maximum Gasteiger partial charge on any atom is 0.384 e. The Morgan fingerprint density at radius 3 is 1.56 bits per heavy atom. The van der Waals surface area contributed by atoms with Crippen LogP contribution in [0.4, 0.5) is 43.9 Å². The molecule has 0 amide bonds. The van der Waals surface area contributed by atoms with Crippen molar-refractivity contribution in [2.75, 3.05) is 0 Å². The first-order chi connectivity index (χ1) is 6.92. The third-order valence-corrected chi connectivity index (χ3v) is 1.48. The molecule has 0 atom stereocenters. The van der Waals surface area contributed by atoms with Crippen LogP contribution in [-0.4, -0.2) is 24.2 Å². The first kappa shape index (κ1) is 15.0. The molecule has 0 unspecified atom stereocenters. The number of rotatable bonds is 4. The highest BCUT2D eigenvalue weighted by atomic mass is 19.4. The van der Waals surface area contributed by atoms with Crippen molar-refractivity contribution in [2.45, 2.75) is 24.2 Å². The van der Waals surface area contributed by atoms with Crippen LogP contribution in [0.2, 0.25) is 0 Å². The van der Waals surface area contributed by atoms with Crippen LogP contribution in [0.1, 0.15) is 0 Å². The van der Waals surface area contributed by atoms with E-state index in [1.807, 2.05) is 0 Å². The topological polar surface area (TPSA) is 0 Å². The van der Waals surface area contributed by atoms with Gasteiger partial charge in [-0.05, 0) is 0 Å². The van der Waals surface area contributed by atoms with E-state index in [4.69, 9.17) is 0 Å². The van der Waals surface area contributed by atoms with E-state index < -0.39 is 36.3 Å². The number of hydrogen-bond donors (Lipinski definition) is 0. The van der Waals surface area contributed by atoms with Crippen molar-refractivity contribution in [1.82, 2.24) is 0 Å². The molecule has 0 heterocycles. The molecule has 10 heteroatoms. The summed E-state index contributed by atoms with van der Waals surface area (Å²) in [5.41, 5.74) is 0. The molecule has 0 aromatic heterocycles. The summed E-state index contributed by atoms with van der Waals surface area (Å²) in [5, 5.41) is 0. The van der Waals surface area contributed by atoms with Gasteiger partial charge >= 0.3 is 24.2 Å². The Morgan fingerprint density at radius 1 is 0.938 bits per heavy atom. The van der Waals surface area contributed by atoms with E-state index in [0.29, 0.717) is 0 Å². The van der Waals surface area contributed by atoms with Gasteiger partial charge < -0.3 is 0 Å². The van der Waals surface area contributed by atoms with E-state index in [2.05, 4.69) is 0 Å². The second kappa shape index (κ2) is 4.13. The summed E-state index contributed by atoms with van der Waals surface area (Å²) in [7, 11) is 0. The van der Waals surface area contributed by atoms with Crippen LogP contribution in [0.25, 0.3) is 0 Å². The van der Waals surface area contributed by atoms with Gasteiger partial charge in [-0.25, -0.2) is 17.6 Å². The van der Waals surface area contributed by atoms with E-state index >= 15 is 0 Å². The SMILES string of the molecule is F/C=C(\F)C(F)(F)C(F)(F)C(F)(F)C(F)F. The molecule has 0 N–H and O–H groups in total. The maximum atomic E-state index is 12.2. The molecule has 0 fully saturated rings. The van der Waals surface area contributed by atoms with Gasteiger partial charge in [0.1, 0.15) is 6.33 Å². The van der Waals surface area contributed by atoms with Crippen LogP contribution in [0.3, 0.4) is 0 Å². The highest BCUT2D eigenvalue weighted by Gasteiger charge is 2.77. The Kier molecular flexibility index (Phi) is 3.88. The van der Waals surface area contributed by atoms with Crippen molar-refractivity contribution < 1.29 is 43.9 Å². The van der Waals surface area contributed by atoms with Crippen molar-refractivity contribution in [3.05, 3.63) is 12.2 Å². The van der Waals surface area contributed by atoms with Crippen LogP contribution in [0.15, 0.2) is 12.2 Å². The summed E-state index contributed by atoms with van der Waals surface area (Å²) in [4.78, 5) is 0. The summed E-state index contributed by atoms with van der Waals surface area (Å²) in [6.07, 6.45) is -6.88. The lowest BCUT2D eigenvalue weighted by atomic mass is 10.0. The van der Waals surface area contributed by atoms with E-state index in [0.717, 1.165) is 0 Å². The minimum Gasteiger partial charge on any atom is -0.212 e. The number of allylic oxidation sites excluding steroid dienone is 1. The van der Waals surface area contributed by atoms with Gasteiger partial charge in [0.2, 0.25) is 5.83 Å². The maximum absolute atomic E-state index is 12.2. The van der Waals surface area contributed by atoms with Gasteiger partial charge in [-0.15, -0.1) is 0 Å². The van der Waals surface area contributed by atoms with Gasteiger partial charge in [0.05, 0.1) is 0 Å². The third-order valence-electron chi connectivity index (χ3n) is 1.48. The summed E-state index contributed by atoms with van der Waals surface area (Å²) in [6.45, 7) is 0. The van der Waals surface area contributed by atoms with Crippen LogP contribution < -0.4 is 0 Å². The highest BCUT2D eigenvalue weighted by Crippen LogP contribution is 2.51. The average Bonchev–Trinajstić information content (AvgIpc) is 2.15. The normalized spacial score (nSPS) is 15.8. The minimum absolute atomic E-state index is 1.71. The Bertz CT molecular complexity index is 277. The highest BCUT2D eigenvalue weighted by molar-refractivity contribution is 5.12. The van der Waals surface area contributed by atoms with Gasteiger partial charge in [-0.3, -0.25) is 0 Å². The molecule has 96 valence electrons. The monoisotopic (exact) mass is 264 g/mol.